The van der Waals surface area contributed by atoms with E-state index in [-0.39, 0.29) is 24.7 Å². The standard InChI is InChI=1S/C8H14O4/c1-6(8(11)12)7(2-4-9)3-5-10/h7,9-10H,1-5H2,(H,11,12). The Morgan fingerprint density at radius 1 is 1.25 bits per heavy atom. The van der Waals surface area contributed by atoms with Gasteiger partial charge in [0, 0.05) is 18.8 Å². The van der Waals surface area contributed by atoms with Crippen LogP contribution in [0.1, 0.15) is 12.8 Å². The number of carboxylic acids is 1. The summed E-state index contributed by atoms with van der Waals surface area (Å²) in [6.07, 6.45) is 0.678. The summed E-state index contributed by atoms with van der Waals surface area (Å²) in [5, 5.41) is 25.7. The van der Waals surface area contributed by atoms with Gasteiger partial charge in [0.2, 0.25) is 0 Å². The molecule has 0 rings (SSSR count). The van der Waals surface area contributed by atoms with Gasteiger partial charge in [0.1, 0.15) is 0 Å². The van der Waals surface area contributed by atoms with Gasteiger partial charge in [0.15, 0.2) is 0 Å². The van der Waals surface area contributed by atoms with Crippen molar-refractivity contribution in [1.82, 2.24) is 0 Å². The van der Waals surface area contributed by atoms with Gasteiger partial charge < -0.3 is 15.3 Å². The largest absolute Gasteiger partial charge is 0.478 e. The molecule has 0 saturated carbocycles. The number of carboxylic acid groups (broad SMARTS) is 1. The highest BCUT2D eigenvalue weighted by molar-refractivity contribution is 5.86. The van der Waals surface area contributed by atoms with Crippen LogP contribution >= 0.6 is 0 Å². The number of rotatable bonds is 6. The van der Waals surface area contributed by atoms with Gasteiger partial charge >= 0.3 is 5.97 Å². The van der Waals surface area contributed by atoms with Crippen LogP contribution in [0.4, 0.5) is 0 Å². The van der Waals surface area contributed by atoms with E-state index in [1.807, 2.05) is 0 Å². The normalized spacial score (nSPS) is 10.2. The summed E-state index contributed by atoms with van der Waals surface area (Å²) < 4.78 is 0. The van der Waals surface area contributed by atoms with E-state index in [2.05, 4.69) is 6.58 Å². The third kappa shape index (κ3) is 3.50. The van der Waals surface area contributed by atoms with Crippen molar-refractivity contribution in [2.24, 2.45) is 5.92 Å². The van der Waals surface area contributed by atoms with E-state index in [1.54, 1.807) is 0 Å². The highest BCUT2D eigenvalue weighted by Gasteiger charge is 2.16. The van der Waals surface area contributed by atoms with Crippen LogP contribution in [-0.2, 0) is 4.79 Å². The maximum atomic E-state index is 10.4. The molecular weight excluding hydrogens is 160 g/mol. The van der Waals surface area contributed by atoms with Crippen LogP contribution in [0.2, 0.25) is 0 Å². The predicted molar refractivity (Wildman–Crippen MR) is 43.7 cm³/mol. The maximum absolute atomic E-state index is 10.4. The number of aliphatic carboxylic acids is 1. The Balaban J connectivity index is 4.08. The molecule has 0 heterocycles. The van der Waals surface area contributed by atoms with Gasteiger partial charge in [-0.3, -0.25) is 0 Å². The number of carbonyl (C=O) groups is 1. The molecule has 0 bridgehead atoms. The number of aliphatic hydroxyl groups is 2. The second kappa shape index (κ2) is 5.74. The van der Waals surface area contributed by atoms with Crippen molar-refractivity contribution in [1.29, 1.82) is 0 Å². The Hall–Kier alpha value is -0.870. The summed E-state index contributed by atoms with van der Waals surface area (Å²) in [7, 11) is 0. The minimum atomic E-state index is -1.07. The van der Waals surface area contributed by atoms with Crippen LogP contribution in [0.5, 0.6) is 0 Å². The third-order valence-corrected chi connectivity index (χ3v) is 1.72. The van der Waals surface area contributed by atoms with Crippen molar-refractivity contribution in [3.8, 4) is 0 Å². The van der Waals surface area contributed by atoms with Crippen LogP contribution < -0.4 is 0 Å². The predicted octanol–water partition coefficient (Wildman–Crippen LogP) is 0.00820. The van der Waals surface area contributed by atoms with Gasteiger partial charge in [-0.1, -0.05) is 6.58 Å². The van der Waals surface area contributed by atoms with Crippen molar-refractivity contribution in [3.63, 3.8) is 0 Å². The molecule has 0 aromatic rings. The fourth-order valence-electron chi connectivity index (χ4n) is 0.979. The Morgan fingerprint density at radius 2 is 1.67 bits per heavy atom. The second-order valence-corrected chi connectivity index (χ2v) is 2.55. The first-order valence-corrected chi connectivity index (χ1v) is 3.77. The first-order chi connectivity index (χ1) is 5.63. The Bertz CT molecular complexity index is 158. The molecule has 0 spiro atoms. The van der Waals surface area contributed by atoms with E-state index in [1.165, 1.54) is 0 Å². The zero-order valence-electron chi connectivity index (χ0n) is 6.86. The van der Waals surface area contributed by atoms with Crippen molar-refractivity contribution < 1.29 is 20.1 Å². The topological polar surface area (TPSA) is 77.8 Å². The molecule has 0 unspecified atom stereocenters. The minimum absolute atomic E-state index is 0.0538. The van der Waals surface area contributed by atoms with Crippen LogP contribution in [0.25, 0.3) is 0 Å². The fraction of sp³-hybridized carbons (Fsp3) is 0.625. The lowest BCUT2D eigenvalue weighted by atomic mass is 9.94. The van der Waals surface area contributed by atoms with Gasteiger partial charge in [-0.25, -0.2) is 4.79 Å². The zero-order valence-corrected chi connectivity index (χ0v) is 6.86. The van der Waals surface area contributed by atoms with Crippen molar-refractivity contribution in [2.75, 3.05) is 13.2 Å². The van der Waals surface area contributed by atoms with E-state index < -0.39 is 5.97 Å². The molecule has 0 radical (unpaired) electrons. The summed E-state index contributed by atoms with van der Waals surface area (Å²) in [5.41, 5.74) is 0.0538. The van der Waals surface area contributed by atoms with Crippen molar-refractivity contribution >= 4 is 5.97 Å². The number of aliphatic hydroxyl groups excluding tert-OH is 2. The number of hydrogen-bond donors (Lipinski definition) is 3. The molecular formula is C8H14O4. The molecule has 12 heavy (non-hydrogen) atoms. The molecule has 0 amide bonds. The Labute approximate surface area is 71.1 Å². The molecule has 0 aliphatic rings. The summed E-state index contributed by atoms with van der Waals surface area (Å²) >= 11 is 0. The summed E-state index contributed by atoms with van der Waals surface area (Å²) in [4.78, 5) is 10.4. The van der Waals surface area contributed by atoms with Gasteiger partial charge in [0.05, 0.1) is 0 Å². The first kappa shape index (κ1) is 11.1. The summed E-state index contributed by atoms with van der Waals surface area (Å²) in [6, 6.07) is 0. The molecule has 0 fully saturated rings. The first-order valence-electron chi connectivity index (χ1n) is 3.77. The molecule has 0 aromatic carbocycles. The smallest absolute Gasteiger partial charge is 0.331 e. The van der Waals surface area contributed by atoms with Gasteiger partial charge in [0.25, 0.3) is 0 Å². The lowest BCUT2D eigenvalue weighted by Crippen LogP contribution is -2.14. The van der Waals surface area contributed by atoms with E-state index in [0.717, 1.165) is 0 Å². The lowest BCUT2D eigenvalue weighted by Gasteiger charge is -2.13. The van der Waals surface area contributed by atoms with Crippen LogP contribution in [0.15, 0.2) is 12.2 Å². The average molecular weight is 174 g/mol. The second-order valence-electron chi connectivity index (χ2n) is 2.55. The molecule has 4 nitrogen and oxygen atoms in total. The highest BCUT2D eigenvalue weighted by Crippen LogP contribution is 2.17. The van der Waals surface area contributed by atoms with Gasteiger partial charge in [-0.15, -0.1) is 0 Å². The van der Waals surface area contributed by atoms with E-state index in [9.17, 15) is 4.79 Å². The van der Waals surface area contributed by atoms with Gasteiger partial charge in [-0.05, 0) is 18.8 Å². The van der Waals surface area contributed by atoms with Crippen LogP contribution in [0.3, 0.4) is 0 Å². The average Bonchev–Trinajstić information content (AvgIpc) is 2.03. The van der Waals surface area contributed by atoms with Crippen LogP contribution in [0, 0.1) is 5.92 Å². The molecule has 70 valence electrons. The van der Waals surface area contributed by atoms with E-state index in [0.29, 0.717) is 12.8 Å². The fourth-order valence-corrected chi connectivity index (χ4v) is 0.979. The Morgan fingerprint density at radius 3 is 1.92 bits per heavy atom. The number of hydrogen-bond acceptors (Lipinski definition) is 3. The lowest BCUT2D eigenvalue weighted by molar-refractivity contribution is -0.133. The Kier molecular flexibility index (Phi) is 5.32. The summed E-state index contributed by atoms with van der Waals surface area (Å²) in [6.45, 7) is 3.20. The van der Waals surface area contributed by atoms with Crippen molar-refractivity contribution in [2.45, 2.75) is 12.8 Å². The maximum Gasteiger partial charge on any atom is 0.331 e. The molecule has 4 heteroatoms. The van der Waals surface area contributed by atoms with Crippen molar-refractivity contribution in [3.05, 3.63) is 12.2 Å². The monoisotopic (exact) mass is 174 g/mol. The highest BCUT2D eigenvalue weighted by atomic mass is 16.4. The molecule has 0 aliphatic carbocycles. The third-order valence-electron chi connectivity index (χ3n) is 1.72. The van der Waals surface area contributed by atoms with E-state index in [4.69, 9.17) is 15.3 Å². The molecule has 3 N–H and O–H groups in total. The molecule has 0 atom stereocenters. The quantitative estimate of drug-likeness (QED) is 0.495. The van der Waals surface area contributed by atoms with Gasteiger partial charge in [-0.2, -0.15) is 0 Å². The molecule has 0 saturated heterocycles. The summed E-state index contributed by atoms with van der Waals surface area (Å²) in [5.74, 6) is -1.39. The minimum Gasteiger partial charge on any atom is -0.478 e. The van der Waals surface area contributed by atoms with E-state index >= 15 is 0 Å². The SMILES string of the molecule is C=C(C(=O)O)C(CCO)CCO. The van der Waals surface area contributed by atoms with Crippen LogP contribution in [-0.4, -0.2) is 34.5 Å². The molecule has 0 aliphatic heterocycles. The molecule has 0 aromatic heterocycles. The zero-order chi connectivity index (χ0) is 9.56.